The van der Waals surface area contributed by atoms with Gasteiger partial charge in [0.25, 0.3) is 0 Å². The summed E-state index contributed by atoms with van der Waals surface area (Å²) in [6.07, 6.45) is 10.8. The molecular formula is C16H24. The van der Waals surface area contributed by atoms with Crippen molar-refractivity contribution in [1.82, 2.24) is 0 Å². The van der Waals surface area contributed by atoms with Crippen molar-refractivity contribution in [2.75, 3.05) is 0 Å². The molecule has 0 spiro atoms. The molecular weight excluding hydrogens is 192 g/mol. The monoisotopic (exact) mass is 216 g/mol. The Kier molecular flexibility index (Phi) is 4.04. The Balaban J connectivity index is 1.99. The first-order valence-corrected chi connectivity index (χ1v) is 6.93. The van der Waals surface area contributed by atoms with Crippen LogP contribution in [0.4, 0.5) is 0 Å². The zero-order valence-corrected chi connectivity index (χ0v) is 10.8. The minimum atomic E-state index is 1.29. The van der Waals surface area contributed by atoms with Crippen molar-refractivity contribution in [3.63, 3.8) is 0 Å². The molecule has 0 aliphatic heterocycles. The van der Waals surface area contributed by atoms with Crippen LogP contribution < -0.4 is 0 Å². The van der Waals surface area contributed by atoms with E-state index in [1.54, 1.807) is 22.3 Å². The highest BCUT2D eigenvalue weighted by Crippen LogP contribution is 2.28. The molecule has 1 aliphatic rings. The van der Waals surface area contributed by atoms with Crippen molar-refractivity contribution in [2.45, 2.75) is 65.2 Å². The van der Waals surface area contributed by atoms with Gasteiger partial charge in [-0.2, -0.15) is 0 Å². The summed E-state index contributed by atoms with van der Waals surface area (Å²) in [5, 5.41) is 0. The average molecular weight is 216 g/mol. The number of hydrogen-bond donors (Lipinski definition) is 0. The van der Waals surface area contributed by atoms with Gasteiger partial charge in [-0.05, 0) is 61.3 Å². The summed E-state index contributed by atoms with van der Waals surface area (Å²) in [5.74, 6) is 0. The lowest BCUT2D eigenvalue weighted by molar-refractivity contribution is 0.665. The van der Waals surface area contributed by atoms with Gasteiger partial charge in [0.1, 0.15) is 0 Å². The van der Waals surface area contributed by atoms with E-state index in [9.17, 15) is 0 Å². The number of aryl methyl sites for hydroxylation is 2. The first-order chi connectivity index (χ1) is 7.83. The van der Waals surface area contributed by atoms with E-state index in [-0.39, 0.29) is 0 Å². The molecule has 0 amide bonds. The Hall–Kier alpha value is -0.780. The van der Waals surface area contributed by atoms with Gasteiger partial charge in [0, 0.05) is 0 Å². The smallest absolute Gasteiger partial charge is 0.0270 e. The van der Waals surface area contributed by atoms with Crippen LogP contribution in [0.1, 0.15) is 61.3 Å². The van der Waals surface area contributed by atoms with Crippen LogP contribution in [0.5, 0.6) is 0 Å². The van der Waals surface area contributed by atoms with Gasteiger partial charge in [0.2, 0.25) is 0 Å². The molecule has 2 rings (SSSR count). The van der Waals surface area contributed by atoms with Crippen molar-refractivity contribution < 1.29 is 0 Å². The zero-order valence-electron chi connectivity index (χ0n) is 10.8. The van der Waals surface area contributed by atoms with E-state index in [0.29, 0.717) is 0 Å². The van der Waals surface area contributed by atoms with E-state index in [4.69, 9.17) is 0 Å². The van der Waals surface area contributed by atoms with Crippen LogP contribution in [0.3, 0.4) is 0 Å². The summed E-state index contributed by atoms with van der Waals surface area (Å²) in [5.41, 5.74) is 6.51. The number of benzene rings is 1. The maximum atomic E-state index is 2.38. The maximum absolute atomic E-state index is 2.38. The van der Waals surface area contributed by atoms with Crippen molar-refractivity contribution in [2.24, 2.45) is 0 Å². The van der Waals surface area contributed by atoms with Crippen LogP contribution in [0.25, 0.3) is 0 Å². The summed E-state index contributed by atoms with van der Waals surface area (Å²) in [7, 11) is 0. The predicted molar refractivity (Wildman–Crippen MR) is 71.1 cm³/mol. The van der Waals surface area contributed by atoms with Gasteiger partial charge in [-0.25, -0.2) is 0 Å². The molecule has 0 saturated carbocycles. The molecule has 0 bridgehead atoms. The van der Waals surface area contributed by atoms with E-state index in [1.807, 2.05) is 0 Å². The molecule has 0 fully saturated rings. The second kappa shape index (κ2) is 5.52. The Morgan fingerprint density at radius 2 is 1.94 bits per heavy atom. The molecule has 16 heavy (non-hydrogen) atoms. The Morgan fingerprint density at radius 1 is 1.06 bits per heavy atom. The summed E-state index contributed by atoms with van der Waals surface area (Å²) in [6, 6.07) is 4.76. The van der Waals surface area contributed by atoms with Crippen LogP contribution in [-0.4, -0.2) is 0 Å². The molecule has 0 aromatic heterocycles. The van der Waals surface area contributed by atoms with Crippen LogP contribution in [0, 0.1) is 6.92 Å². The molecule has 0 radical (unpaired) electrons. The second-order valence-electron chi connectivity index (χ2n) is 5.15. The van der Waals surface area contributed by atoms with E-state index in [0.717, 1.165) is 0 Å². The fraction of sp³-hybridized carbons (Fsp3) is 0.625. The largest absolute Gasteiger partial charge is 0.0654 e. The normalized spacial score (nSPS) is 14.1. The quantitative estimate of drug-likeness (QED) is 0.631. The number of rotatable bonds is 5. The number of fused-ring (bicyclic) bond motifs is 1. The van der Waals surface area contributed by atoms with Gasteiger partial charge in [-0.1, -0.05) is 38.3 Å². The molecule has 0 nitrogen and oxygen atoms in total. The molecule has 0 heterocycles. The van der Waals surface area contributed by atoms with Gasteiger partial charge >= 0.3 is 0 Å². The van der Waals surface area contributed by atoms with Crippen LogP contribution >= 0.6 is 0 Å². The van der Waals surface area contributed by atoms with Gasteiger partial charge in [0.15, 0.2) is 0 Å². The van der Waals surface area contributed by atoms with Crippen molar-refractivity contribution in [3.8, 4) is 0 Å². The lowest BCUT2D eigenvalue weighted by atomic mass is 9.95. The summed E-state index contributed by atoms with van der Waals surface area (Å²) < 4.78 is 0. The Bertz CT molecular complexity index is 349. The SMILES string of the molecule is CCCCCCc1ccc2c(c1C)CCC2. The molecule has 0 N–H and O–H groups in total. The molecule has 0 unspecified atom stereocenters. The topological polar surface area (TPSA) is 0 Å². The first kappa shape index (κ1) is 11.7. The minimum Gasteiger partial charge on any atom is -0.0654 e. The van der Waals surface area contributed by atoms with Crippen molar-refractivity contribution >= 4 is 0 Å². The van der Waals surface area contributed by atoms with Gasteiger partial charge in [0.05, 0.1) is 0 Å². The third-order valence-electron chi connectivity index (χ3n) is 3.98. The third kappa shape index (κ3) is 2.48. The lowest BCUT2D eigenvalue weighted by Gasteiger charge is -2.10. The first-order valence-electron chi connectivity index (χ1n) is 6.93. The zero-order chi connectivity index (χ0) is 11.4. The molecule has 1 aromatic carbocycles. The van der Waals surface area contributed by atoms with Gasteiger partial charge < -0.3 is 0 Å². The Morgan fingerprint density at radius 3 is 2.75 bits per heavy atom. The van der Waals surface area contributed by atoms with Crippen molar-refractivity contribution in [1.29, 1.82) is 0 Å². The molecule has 1 aliphatic carbocycles. The molecule has 1 aromatic rings. The standard InChI is InChI=1S/C16H24/c1-3-4-5-6-8-14-11-12-15-9-7-10-16(15)13(14)2/h11-12H,3-10H2,1-2H3. The van der Waals surface area contributed by atoms with Crippen molar-refractivity contribution in [3.05, 3.63) is 34.4 Å². The summed E-state index contributed by atoms with van der Waals surface area (Å²) >= 11 is 0. The summed E-state index contributed by atoms with van der Waals surface area (Å²) in [4.78, 5) is 0. The second-order valence-corrected chi connectivity index (χ2v) is 5.15. The number of hydrogen-bond acceptors (Lipinski definition) is 0. The predicted octanol–water partition coefficient (Wildman–Crippen LogP) is 4.61. The van der Waals surface area contributed by atoms with Crippen LogP contribution in [0.2, 0.25) is 0 Å². The fourth-order valence-corrected chi connectivity index (χ4v) is 2.91. The molecule has 0 heteroatoms. The minimum absolute atomic E-state index is 1.29. The third-order valence-corrected chi connectivity index (χ3v) is 3.98. The average Bonchev–Trinajstić information content (AvgIpc) is 2.76. The lowest BCUT2D eigenvalue weighted by Crippen LogP contribution is -1.96. The van der Waals surface area contributed by atoms with Gasteiger partial charge in [-0.15, -0.1) is 0 Å². The molecule has 88 valence electrons. The molecule has 0 atom stereocenters. The summed E-state index contributed by atoms with van der Waals surface area (Å²) in [6.45, 7) is 4.61. The van der Waals surface area contributed by atoms with E-state index < -0.39 is 0 Å². The molecule has 0 saturated heterocycles. The number of unbranched alkanes of at least 4 members (excludes halogenated alkanes) is 3. The van der Waals surface area contributed by atoms with Crippen LogP contribution in [0.15, 0.2) is 12.1 Å². The van der Waals surface area contributed by atoms with Crippen LogP contribution in [-0.2, 0) is 19.3 Å². The fourth-order valence-electron chi connectivity index (χ4n) is 2.91. The maximum Gasteiger partial charge on any atom is -0.0270 e. The highest BCUT2D eigenvalue weighted by atomic mass is 14.2. The van der Waals surface area contributed by atoms with E-state index in [1.165, 1.54) is 51.4 Å². The van der Waals surface area contributed by atoms with E-state index >= 15 is 0 Å². The van der Waals surface area contributed by atoms with E-state index in [2.05, 4.69) is 26.0 Å². The highest BCUT2D eigenvalue weighted by molar-refractivity contribution is 5.42. The highest BCUT2D eigenvalue weighted by Gasteiger charge is 2.14. The van der Waals surface area contributed by atoms with Gasteiger partial charge in [-0.3, -0.25) is 0 Å². The Labute approximate surface area is 100 Å².